The first-order chi connectivity index (χ1) is 8.53. The third kappa shape index (κ3) is 3.07. The smallest absolute Gasteiger partial charge is 0.248 e. The zero-order valence-electron chi connectivity index (χ0n) is 9.33. The van der Waals surface area contributed by atoms with E-state index < -0.39 is 10.0 Å². The molecule has 9 heteroatoms. The number of hydrogen-bond donors (Lipinski definition) is 1. The van der Waals surface area contributed by atoms with Crippen LogP contribution in [0.1, 0.15) is 24.4 Å². The van der Waals surface area contributed by atoms with Gasteiger partial charge in [-0.2, -0.15) is 0 Å². The van der Waals surface area contributed by atoms with Crippen LogP contribution < -0.4 is 4.72 Å². The predicted molar refractivity (Wildman–Crippen MR) is 72.6 cm³/mol. The summed E-state index contributed by atoms with van der Waals surface area (Å²) in [6.45, 7) is 1.90. The maximum Gasteiger partial charge on any atom is 0.252 e. The lowest BCUT2D eigenvalue weighted by Gasteiger charge is -2.13. The number of nitrogens with one attached hydrogen (secondary N) is 1. The Morgan fingerprint density at radius 1 is 1.50 bits per heavy atom. The fourth-order valence-electron chi connectivity index (χ4n) is 1.32. The van der Waals surface area contributed by atoms with Gasteiger partial charge in [-0.1, -0.05) is 29.9 Å². The molecule has 0 aromatic carbocycles. The zero-order chi connectivity index (χ0) is 13.2. The van der Waals surface area contributed by atoms with Crippen molar-refractivity contribution in [1.82, 2.24) is 14.7 Å². The van der Waals surface area contributed by atoms with E-state index in [2.05, 4.69) is 14.7 Å². The summed E-state index contributed by atoms with van der Waals surface area (Å²) >= 11 is 7.99. The van der Waals surface area contributed by atoms with Crippen LogP contribution in [0, 0.1) is 0 Å². The summed E-state index contributed by atoms with van der Waals surface area (Å²) in [6, 6.07) is -0.323. The van der Waals surface area contributed by atoms with Crippen molar-refractivity contribution in [2.24, 2.45) is 0 Å². The van der Waals surface area contributed by atoms with Gasteiger partial charge in [0.1, 0.15) is 5.01 Å². The Balaban J connectivity index is 2.22. The van der Waals surface area contributed by atoms with Crippen molar-refractivity contribution in [3.8, 4) is 0 Å². The number of nitrogens with zero attached hydrogens (tertiary/aromatic N) is 2. The molecular formula is C9H10ClN3O2S3. The molecule has 0 radical (unpaired) electrons. The second-order valence-electron chi connectivity index (χ2n) is 3.38. The van der Waals surface area contributed by atoms with Crippen LogP contribution in [0.15, 0.2) is 22.0 Å². The maximum atomic E-state index is 12.1. The van der Waals surface area contributed by atoms with Gasteiger partial charge in [0.25, 0.3) is 10.0 Å². The van der Waals surface area contributed by atoms with E-state index in [1.54, 1.807) is 6.20 Å². The van der Waals surface area contributed by atoms with Crippen LogP contribution in [-0.4, -0.2) is 18.4 Å². The van der Waals surface area contributed by atoms with Gasteiger partial charge < -0.3 is 0 Å². The highest BCUT2D eigenvalue weighted by Gasteiger charge is 2.23. The summed E-state index contributed by atoms with van der Waals surface area (Å²) < 4.78 is 27.1. The lowest BCUT2D eigenvalue weighted by atomic mass is 10.3. The molecule has 0 aliphatic carbocycles. The summed E-state index contributed by atoms with van der Waals surface area (Å²) in [7, 11) is -3.59. The first-order valence-electron chi connectivity index (χ1n) is 5.06. The van der Waals surface area contributed by atoms with Crippen molar-refractivity contribution in [2.75, 3.05) is 0 Å². The van der Waals surface area contributed by atoms with E-state index in [9.17, 15) is 8.42 Å². The van der Waals surface area contributed by atoms with Gasteiger partial charge in [0.2, 0.25) is 0 Å². The van der Waals surface area contributed by atoms with Crippen LogP contribution in [0.3, 0.4) is 0 Å². The van der Waals surface area contributed by atoms with Gasteiger partial charge in [0, 0.05) is 11.6 Å². The molecule has 0 aliphatic heterocycles. The number of rotatable bonds is 5. The molecule has 0 bridgehead atoms. The minimum Gasteiger partial charge on any atom is -0.248 e. The summed E-state index contributed by atoms with van der Waals surface area (Å²) in [5, 5.41) is 2.56. The molecule has 5 nitrogen and oxygen atoms in total. The zero-order valence-corrected chi connectivity index (χ0v) is 12.5. The van der Waals surface area contributed by atoms with Crippen LogP contribution in [0.4, 0.5) is 0 Å². The average molecular weight is 324 g/mol. The number of thiazole rings is 2. The molecule has 1 unspecified atom stereocenters. The van der Waals surface area contributed by atoms with Gasteiger partial charge in [0.15, 0.2) is 8.68 Å². The molecule has 2 rings (SSSR count). The second-order valence-corrected chi connectivity index (χ2v) is 7.86. The Kier molecular flexibility index (Phi) is 4.33. The Morgan fingerprint density at radius 2 is 2.28 bits per heavy atom. The average Bonchev–Trinajstić information content (AvgIpc) is 2.96. The van der Waals surface area contributed by atoms with Crippen LogP contribution in [0.25, 0.3) is 0 Å². The SMILES string of the molecule is CCC(NS(=O)(=O)c1cnc(Cl)s1)c1nccs1. The molecule has 0 aliphatic rings. The lowest BCUT2D eigenvalue weighted by molar-refractivity contribution is 0.550. The molecule has 0 saturated heterocycles. The highest BCUT2D eigenvalue weighted by molar-refractivity contribution is 7.91. The van der Waals surface area contributed by atoms with Gasteiger partial charge in [-0.05, 0) is 6.42 Å². The van der Waals surface area contributed by atoms with Crippen molar-refractivity contribution in [1.29, 1.82) is 0 Å². The molecule has 18 heavy (non-hydrogen) atoms. The molecule has 1 atom stereocenters. The summed E-state index contributed by atoms with van der Waals surface area (Å²) in [4.78, 5) is 7.85. The Morgan fingerprint density at radius 3 is 2.78 bits per heavy atom. The van der Waals surface area contributed by atoms with Crippen LogP contribution >= 0.6 is 34.3 Å². The summed E-state index contributed by atoms with van der Waals surface area (Å²) in [5.41, 5.74) is 0. The lowest BCUT2D eigenvalue weighted by Crippen LogP contribution is -2.27. The van der Waals surface area contributed by atoms with E-state index in [0.29, 0.717) is 6.42 Å². The van der Waals surface area contributed by atoms with Crippen LogP contribution in [0.2, 0.25) is 4.47 Å². The van der Waals surface area contributed by atoms with Gasteiger partial charge in [-0.3, -0.25) is 0 Å². The number of sulfonamides is 1. The third-order valence-corrected chi connectivity index (χ3v) is 6.11. The van der Waals surface area contributed by atoms with Crippen molar-refractivity contribution in [3.63, 3.8) is 0 Å². The highest BCUT2D eigenvalue weighted by atomic mass is 35.5. The van der Waals surface area contributed by atoms with E-state index in [1.807, 2.05) is 12.3 Å². The molecule has 0 saturated carbocycles. The second kappa shape index (κ2) is 5.62. The van der Waals surface area contributed by atoms with Gasteiger partial charge in [0.05, 0.1) is 12.2 Å². The first-order valence-corrected chi connectivity index (χ1v) is 8.61. The quantitative estimate of drug-likeness (QED) is 0.918. The minimum atomic E-state index is -3.59. The standard InChI is InChI=1S/C9H10ClN3O2S3/c1-2-6(8-11-3-4-16-8)13-18(14,15)7-5-12-9(10)17-7/h3-6,13H,2H2,1H3. The van der Waals surface area contributed by atoms with Crippen LogP contribution in [0.5, 0.6) is 0 Å². The third-order valence-electron chi connectivity index (χ3n) is 2.18. The topological polar surface area (TPSA) is 72.0 Å². The minimum absolute atomic E-state index is 0.113. The van der Waals surface area contributed by atoms with Gasteiger partial charge >= 0.3 is 0 Å². The summed E-state index contributed by atoms with van der Waals surface area (Å²) in [5.74, 6) is 0. The Hall–Kier alpha value is -0.540. The molecule has 2 aromatic rings. The molecule has 2 heterocycles. The molecule has 0 amide bonds. The number of aromatic nitrogens is 2. The van der Waals surface area contributed by atoms with E-state index in [-0.39, 0.29) is 14.7 Å². The first kappa shape index (κ1) is 13.9. The number of halogens is 1. The molecule has 0 fully saturated rings. The van der Waals surface area contributed by atoms with E-state index in [4.69, 9.17) is 11.6 Å². The fraction of sp³-hybridized carbons (Fsp3) is 0.333. The fourth-order valence-corrected chi connectivity index (χ4v) is 4.76. The van der Waals surface area contributed by atoms with E-state index in [1.165, 1.54) is 17.5 Å². The van der Waals surface area contributed by atoms with E-state index in [0.717, 1.165) is 16.3 Å². The molecular weight excluding hydrogens is 314 g/mol. The van der Waals surface area contributed by atoms with Gasteiger partial charge in [-0.15, -0.1) is 11.3 Å². The van der Waals surface area contributed by atoms with Crippen molar-refractivity contribution >= 4 is 44.3 Å². The Bertz CT molecular complexity index is 609. The van der Waals surface area contributed by atoms with Crippen molar-refractivity contribution < 1.29 is 8.42 Å². The number of hydrogen-bond acceptors (Lipinski definition) is 6. The molecule has 2 aromatic heterocycles. The summed E-state index contributed by atoms with van der Waals surface area (Å²) in [6.07, 6.45) is 3.53. The Labute approximate surface area is 118 Å². The highest BCUT2D eigenvalue weighted by Crippen LogP contribution is 2.26. The van der Waals surface area contributed by atoms with E-state index >= 15 is 0 Å². The molecule has 1 N–H and O–H groups in total. The molecule has 98 valence electrons. The maximum absolute atomic E-state index is 12.1. The predicted octanol–water partition coefficient (Wildman–Crippen LogP) is 2.68. The van der Waals surface area contributed by atoms with Gasteiger partial charge in [-0.25, -0.2) is 23.1 Å². The van der Waals surface area contributed by atoms with Crippen molar-refractivity contribution in [3.05, 3.63) is 27.2 Å². The monoisotopic (exact) mass is 323 g/mol. The van der Waals surface area contributed by atoms with Crippen LogP contribution in [-0.2, 0) is 10.0 Å². The largest absolute Gasteiger partial charge is 0.252 e. The van der Waals surface area contributed by atoms with Crippen molar-refractivity contribution in [2.45, 2.75) is 23.6 Å². The normalized spacial score (nSPS) is 13.7. The molecule has 0 spiro atoms.